The molecule has 0 aromatic rings. The van der Waals surface area contributed by atoms with E-state index in [1.165, 1.54) is 12.8 Å². The molecule has 1 aliphatic heterocycles. The van der Waals surface area contributed by atoms with Crippen molar-refractivity contribution in [1.29, 1.82) is 0 Å². The van der Waals surface area contributed by atoms with E-state index < -0.39 is 0 Å². The average Bonchev–Trinajstić information content (AvgIpc) is 2.17. The normalized spacial score (nSPS) is 28.8. The van der Waals surface area contributed by atoms with Crippen LogP contribution in [0.15, 0.2) is 0 Å². The lowest BCUT2D eigenvalue weighted by molar-refractivity contribution is 0.0961. The Hall–Kier alpha value is -0.120. The summed E-state index contributed by atoms with van der Waals surface area (Å²) in [6, 6.07) is 0.472. The minimum absolute atomic E-state index is 0.327. The van der Waals surface area contributed by atoms with E-state index in [2.05, 4.69) is 11.8 Å². The Morgan fingerprint density at radius 1 is 1.67 bits per heavy atom. The molecule has 72 valence electrons. The molecule has 2 unspecified atom stereocenters. The highest BCUT2D eigenvalue weighted by molar-refractivity contribution is 4.76. The molecule has 0 radical (unpaired) electrons. The van der Waals surface area contributed by atoms with Gasteiger partial charge >= 0.3 is 0 Å². The molecule has 12 heavy (non-hydrogen) atoms. The van der Waals surface area contributed by atoms with E-state index in [4.69, 9.17) is 10.8 Å². The molecule has 0 saturated carbocycles. The smallest absolute Gasteiger partial charge is 0.0471 e. The number of nitrogens with zero attached hydrogens (tertiary/aromatic N) is 1. The van der Waals surface area contributed by atoms with Crippen molar-refractivity contribution in [3.63, 3.8) is 0 Å². The largest absolute Gasteiger partial charge is 0.396 e. The van der Waals surface area contributed by atoms with Crippen LogP contribution in [-0.4, -0.2) is 42.3 Å². The van der Waals surface area contributed by atoms with E-state index in [0.717, 1.165) is 19.6 Å². The number of hydrogen-bond donors (Lipinski definition) is 2. The maximum Gasteiger partial charge on any atom is 0.0471 e. The second-order valence-electron chi connectivity index (χ2n) is 3.77. The van der Waals surface area contributed by atoms with Crippen molar-refractivity contribution in [1.82, 2.24) is 4.90 Å². The van der Waals surface area contributed by atoms with Crippen molar-refractivity contribution in [2.75, 3.05) is 26.2 Å². The van der Waals surface area contributed by atoms with Crippen molar-refractivity contribution in [2.45, 2.75) is 25.8 Å². The van der Waals surface area contributed by atoms with Crippen LogP contribution in [0, 0.1) is 5.92 Å². The molecule has 1 saturated heterocycles. The first-order valence-electron chi connectivity index (χ1n) is 4.83. The minimum Gasteiger partial charge on any atom is -0.396 e. The topological polar surface area (TPSA) is 49.5 Å². The molecule has 2 atom stereocenters. The highest BCUT2D eigenvalue weighted by atomic mass is 16.3. The third-order valence-corrected chi connectivity index (χ3v) is 2.77. The van der Waals surface area contributed by atoms with Gasteiger partial charge in [-0.15, -0.1) is 0 Å². The van der Waals surface area contributed by atoms with Gasteiger partial charge < -0.3 is 10.8 Å². The zero-order valence-electron chi connectivity index (χ0n) is 7.87. The van der Waals surface area contributed by atoms with Gasteiger partial charge in [0, 0.05) is 25.7 Å². The molecule has 1 fully saturated rings. The van der Waals surface area contributed by atoms with Crippen molar-refractivity contribution >= 4 is 0 Å². The highest BCUT2D eigenvalue weighted by Gasteiger charge is 2.21. The van der Waals surface area contributed by atoms with Gasteiger partial charge in [-0.1, -0.05) is 0 Å². The second-order valence-corrected chi connectivity index (χ2v) is 3.77. The molecule has 1 rings (SSSR count). The standard InChI is InChI=1S/C9H20N2O/c1-8(5-10)11-4-2-3-9(6-11)7-12/h8-9,12H,2-7,10H2,1H3. The second kappa shape index (κ2) is 4.80. The third kappa shape index (κ3) is 2.44. The van der Waals surface area contributed by atoms with Gasteiger partial charge in [-0.05, 0) is 32.2 Å². The number of aliphatic hydroxyl groups is 1. The maximum atomic E-state index is 9.01. The molecule has 0 bridgehead atoms. The summed E-state index contributed by atoms with van der Waals surface area (Å²) in [7, 11) is 0. The fourth-order valence-electron chi connectivity index (χ4n) is 1.80. The van der Waals surface area contributed by atoms with Gasteiger partial charge in [-0.3, -0.25) is 4.90 Å². The van der Waals surface area contributed by atoms with Gasteiger partial charge in [0.2, 0.25) is 0 Å². The lowest BCUT2D eigenvalue weighted by Gasteiger charge is -2.35. The molecule has 0 spiro atoms. The van der Waals surface area contributed by atoms with Crippen LogP contribution >= 0.6 is 0 Å². The van der Waals surface area contributed by atoms with E-state index in [0.29, 0.717) is 18.6 Å². The molecule has 0 aromatic carbocycles. The average molecular weight is 172 g/mol. The monoisotopic (exact) mass is 172 g/mol. The zero-order valence-corrected chi connectivity index (χ0v) is 7.87. The van der Waals surface area contributed by atoms with Gasteiger partial charge in [0.1, 0.15) is 0 Å². The fraction of sp³-hybridized carbons (Fsp3) is 1.00. The molecule has 1 heterocycles. The van der Waals surface area contributed by atoms with Crippen LogP contribution in [0.4, 0.5) is 0 Å². The van der Waals surface area contributed by atoms with Gasteiger partial charge in [0.15, 0.2) is 0 Å². The van der Waals surface area contributed by atoms with Gasteiger partial charge in [-0.2, -0.15) is 0 Å². The molecular weight excluding hydrogens is 152 g/mol. The lowest BCUT2D eigenvalue weighted by Crippen LogP contribution is -2.45. The summed E-state index contributed by atoms with van der Waals surface area (Å²) in [5.74, 6) is 0.479. The van der Waals surface area contributed by atoms with Crippen LogP contribution < -0.4 is 5.73 Å². The van der Waals surface area contributed by atoms with Crippen molar-refractivity contribution in [2.24, 2.45) is 11.7 Å². The van der Waals surface area contributed by atoms with E-state index >= 15 is 0 Å². The van der Waals surface area contributed by atoms with Crippen LogP contribution in [0.1, 0.15) is 19.8 Å². The fourth-order valence-corrected chi connectivity index (χ4v) is 1.80. The summed E-state index contributed by atoms with van der Waals surface area (Å²) < 4.78 is 0. The van der Waals surface area contributed by atoms with Gasteiger partial charge in [0.05, 0.1) is 0 Å². The summed E-state index contributed by atoms with van der Waals surface area (Å²) in [5, 5.41) is 9.01. The Labute approximate surface area is 74.5 Å². The van der Waals surface area contributed by atoms with Gasteiger partial charge in [-0.25, -0.2) is 0 Å². The quantitative estimate of drug-likeness (QED) is 0.632. The molecule has 3 heteroatoms. The Morgan fingerprint density at radius 2 is 2.42 bits per heavy atom. The van der Waals surface area contributed by atoms with Crippen molar-refractivity contribution in [3.05, 3.63) is 0 Å². The molecule has 0 aromatic heterocycles. The van der Waals surface area contributed by atoms with Crippen LogP contribution in [0.25, 0.3) is 0 Å². The molecular formula is C9H20N2O. The van der Waals surface area contributed by atoms with Crippen LogP contribution in [0.5, 0.6) is 0 Å². The maximum absolute atomic E-state index is 9.01. The molecule has 1 aliphatic rings. The van der Waals surface area contributed by atoms with Crippen LogP contribution in [0.3, 0.4) is 0 Å². The summed E-state index contributed by atoms with van der Waals surface area (Å²) in [6.45, 7) is 5.37. The van der Waals surface area contributed by atoms with Crippen LogP contribution in [0.2, 0.25) is 0 Å². The predicted octanol–water partition coefficient (Wildman–Crippen LogP) is 0.0379. The Bertz CT molecular complexity index is 128. The number of rotatable bonds is 3. The SMILES string of the molecule is CC(CN)N1CCCC(CO)C1. The summed E-state index contributed by atoms with van der Waals surface area (Å²) in [5.41, 5.74) is 5.59. The van der Waals surface area contributed by atoms with E-state index in [9.17, 15) is 0 Å². The summed E-state index contributed by atoms with van der Waals surface area (Å²) in [6.07, 6.45) is 2.37. The molecule has 3 nitrogen and oxygen atoms in total. The Balaban J connectivity index is 2.34. The zero-order chi connectivity index (χ0) is 8.97. The van der Waals surface area contributed by atoms with Gasteiger partial charge in [0.25, 0.3) is 0 Å². The first-order chi connectivity index (χ1) is 5.77. The van der Waals surface area contributed by atoms with E-state index in [1.807, 2.05) is 0 Å². The number of piperidine rings is 1. The Morgan fingerprint density at radius 3 is 3.00 bits per heavy atom. The Kier molecular flexibility index (Phi) is 3.98. The number of likely N-dealkylation sites (tertiary alicyclic amines) is 1. The first kappa shape index (κ1) is 9.96. The molecule has 0 aliphatic carbocycles. The predicted molar refractivity (Wildman–Crippen MR) is 49.9 cm³/mol. The van der Waals surface area contributed by atoms with E-state index in [-0.39, 0.29) is 0 Å². The highest BCUT2D eigenvalue weighted by Crippen LogP contribution is 2.17. The van der Waals surface area contributed by atoms with Crippen LogP contribution in [-0.2, 0) is 0 Å². The molecule has 3 N–H and O–H groups in total. The lowest BCUT2D eigenvalue weighted by atomic mass is 9.98. The molecule has 0 amide bonds. The van der Waals surface area contributed by atoms with E-state index in [1.54, 1.807) is 0 Å². The van der Waals surface area contributed by atoms with Crippen molar-refractivity contribution < 1.29 is 5.11 Å². The number of hydrogen-bond acceptors (Lipinski definition) is 3. The van der Waals surface area contributed by atoms with Crippen molar-refractivity contribution in [3.8, 4) is 0 Å². The minimum atomic E-state index is 0.327. The summed E-state index contributed by atoms with van der Waals surface area (Å²) in [4.78, 5) is 2.38. The summed E-state index contributed by atoms with van der Waals surface area (Å²) >= 11 is 0. The number of nitrogens with two attached hydrogens (primary N) is 1. The first-order valence-corrected chi connectivity index (χ1v) is 4.83. The third-order valence-electron chi connectivity index (χ3n) is 2.77. The number of aliphatic hydroxyl groups excluding tert-OH is 1.